The zero-order chi connectivity index (χ0) is 20.7. The average Bonchev–Trinajstić information content (AvgIpc) is 3.18. The predicted octanol–water partition coefficient (Wildman–Crippen LogP) is 4.10. The van der Waals surface area contributed by atoms with Crippen LogP contribution in [-0.4, -0.2) is 59.4 Å². The van der Waals surface area contributed by atoms with E-state index >= 15 is 0 Å². The van der Waals surface area contributed by atoms with Crippen molar-refractivity contribution >= 4 is 11.5 Å². The quantitative estimate of drug-likeness (QED) is 0.484. The number of hydrogen-bond acceptors (Lipinski definition) is 3. The number of likely N-dealkylation sites (N-methyl/N-ethyl adjacent to an activating group) is 1. The van der Waals surface area contributed by atoms with E-state index in [1.807, 2.05) is 28.8 Å². The molecule has 30 heavy (non-hydrogen) atoms. The smallest absolute Gasteiger partial charge is 0.158 e. The average molecular weight is 402 g/mol. The van der Waals surface area contributed by atoms with Gasteiger partial charge in [0.05, 0.1) is 51.7 Å². The van der Waals surface area contributed by atoms with Crippen LogP contribution in [0.2, 0.25) is 0 Å². The number of halogens is 1. The first-order valence-electron chi connectivity index (χ1n) is 10.3. The van der Waals surface area contributed by atoms with E-state index in [0.29, 0.717) is 0 Å². The molecule has 2 aromatic heterocycles. The van der Waals surface area contributed by atoms with Crippen molar-refractivity contribution in [2.45, 2.75) is 0 Å². The number of piperazine rings is 1. The molecule has 0 spiro atoms. The number of fused-ring (bicyclic) bond motifs is 1. The number of quaternary nitrogens is 1. The van der Waals surface area contributed by atoms with Crippen LogP contribution in [0, 0.1) is 5.82 Å². The molecule has 6 heteroatoms. The highest BCUT2D eigenvalue weighted by Gasteiger charge is 2.26. The number of anilines is 1. The lowest BCUT2D eigenvalue weighted by Crippen LogP contribution is -2.55. The maximum atomic E-state index is 13.4. The van der Waals surface area contributed by atoms with E-state index in [0.717, 1.165) is 64.6 Å². The highest BCUT2D eigenvalue weighted by molar-refractivity contribution is 5.71. The Labute approximate surface area is 175 Å². The zero-order valence-electron chi connectivity index (χ0n) is 17.3. The van der Waals surface area contributed by atoms with Crippen molar-refractivity contribution in [1.29, 1.82) is 0 Å². The summed E-state index contributed by atoms with van der Waals surface area (Å²) in [5.41, 5.74) is 4.49. The Morgan fingerprint density at radius 2 is 1.50 bits per heavy atom. The predicted molar refractivity (Wildman–Crippen MR) is 118 cm³/mol. The molecule has 1 fully saturated rings. The number of nitrogens with zero attached hydrogens (tertiary/aromatic N) is 5. The normalized spacial score (nSPS) is 16.2. The van der Waals surface area contributed by atoms with Crippen LogP contribution in [0.3, 0.4) is 0 Å². The van der Waals surface area contributed by atoms with Gasteiger partial charge in [-0.05, 0) is 24.3 Å². The number of hydrogen-bond donors (Lipinski definition) is 0. The van der Waals surface area contributed by atoms with Gasteiger partial charge in [0.2, 0.25) is 0 Å². The molecule has 1 aliphatic rings. The van der Waals surface area contributed by atoms with E-state index in [-0.39, 0.29) is 5.82 Å². The van der Waals surface area contributed by atoms with Gasteiger partial charge in [-0.15, -0.1) is 0 Å². The van der Waals surface area contributed by atoms with Crippen LogP contribution >= 0.6 is 0 Å². The van der Waals surface area contributed by atoms with Crippen LogP contribution in [0.4, 0.5) is 10.2 Å². The van der Waals surface area contributed by atoms with Crippen molar-refractivity contribution in [2.24, 2.45) is 0 Å². The van der Waals surface area contributed by atoms with Crippen LogP contribution < -0.4 is 4.90 Å². The molecular weight excluding hydrogens is 377 g/mol. The van der Waals surface area contributed by atoms with Gasteiger partial charge in [0, 0.05) is 23.3 Å². The fourth-order valence-corrected chi connectivity index (χ4v) is 3.94. The van der Waals surface area contributed by atoms with Gasteiger partial charge in [0.15, 0.2) is 5.65 Å². The molecular formula is C24H25FN5+. The fourth-order valence-electron chi connectivity index (χ4n) is 3.94. The number of rotatable bonds is 3. The van der Waals surface area contributed by atoms with Crippen molar-refractivity contribution in [3.05, 3.63) is 72.5 Å². The molecule has 1 aliphatic heterocycles. The second-order valence-corrected chi connectivity index (χ2v) is 8.54. The molecule has 0 bridgehead atoms. The van der Waals surface area contributed by atoms with Gasteiger partial charge in [0.25, 0.3) is 0 Å². The number of aromatic nitrogens is 3. The topological polar surface area (TPSA) is 33.4 Å². The molecule has 4 aromatic rings. The summed E-state index contributed by atoms with van der Waals surface area (Å²) in [6.45, 7) is 4.09. The SMILES string of the molecule is C[N+]1(C)CCN(c2cc(-c3ccccc3)nc3cc(-c4ccc(F)cc4)nn23)CC1. The van der Waals surface area contributed by atoms with E-state index < -0.39 is 0 Å². The van der Waals surface area contributed by atoms with Gasteiger partial charge in [-0.3, -0.25) is 0 Å². The van der Waals surface area contributed by atoms with Gasteiger partial charge in [0.1, 0.15) is 11.6 Å². The first kappa shape index (κ1) is 18.8. The second-order valence-electron chi connectivity index (χ2n) is 8.54. The van der Waals surface area contributed by atoms with Crippen molar-refractivity contribution in [1.82, 2.24) is 14.6 Å². The van der Waals surface area contributed by atoms with Gasteiger partial charge in [-0.1, -0.05) is 30.3 Å². The summed E-state index contributed by atoms with van der Waals surface area (Å²) in [5.74, 6) is 0.800. The van der Waals surface area contributed by atoms with E-state index in [4.69, 9.17) is 10.1 Å². The Morgan fingerprint density at radius 3 is 2.20 bits per heavy atom. The van der Waals surface area contributed by atoms with Crippen LogP contribution in [0.1, 0.15) is 0 Å². The molecule has 5 nitrogen and oxygen atoms in total. The van der Waals surface area contributed by atoms with Crippen molar-refractivity contribution in [2.75, 3.05) is 45.2 Å². The minimum atomic E-state index is -0.248. The number of benzene rings is 2. The minimum absolute atomic E-state index is 0.248. The Kier molecular flexibility index (Phi) is 4.51. The van der Waals surface area contributed by atoms with Gasteiger partial charge in [-0.2, -0.15) is 9.61 Å². The molecule has 0 radical (unpaired) electrons. The summed E-state index contributed by atoms with van der Waals surface area (Å²) in [6.07, 6.45) is 0. The third-order valence-corrected chi connectivity index (χ3v) is 5.89. The third kappa shape index (κ3) is 3.55. The van der Waals surface area contributed by atoms with Crippen molar-refractivity contribution in [3.8, 4) is 22.5 Å². The summed E-state index contributed by atoms with van der Waals surface area (Å²) in [6, 6.07) is 20.8. The molecule has 0 aliphatic carbocycles. The Hall–Kier alpha value is -3.25. The second kappa shape index (κ2) is 7.22. The zero-order valence-corrected chi connectivity index (χ0v) is 17.3. The van der Waals surface area contributed by atoms with Crippen LogP contribution in [-0.2, 0) is 0 Å². The van der Waals surface area contributed by atoms with Gasteiger partial charge >= 0.3 is 0 Å². The highest BCUT2D eigenvalue weighted by atomic mass is 19.1. The van der Waals surface area contributed by atoms with Crippen LogP contribution in [0.5, 0.6) is 0 Å². The molecule has 0 saturated carbocycles. The maximum Gasteiger partial charge on any atom is 0.158 e. The largest absolute Gasteiger partial charge is 0.345 e. The molecule has 0 N–H and O–H groups in total. The first-order valence-corrected chi connectivity index (χ1v) is 10.3. The van der Waals surface area contributed by atoms with E-state index in [1.165, 1.54) is 12.1 Å². The van der Waals surface area contributed by atoms with Gasteiger partial charge < -0.3 is 9.38 Å². The van der Waals surface area contributed by atoms with Crippen molar-refractivity contribution < 1.29 is 8.87 Å². The lowest BCUT2D eigenvalue weighted by molar-refractivity contribution is -0.890. The molecule has 0 unspecified atom stereocenters. The first-order chi connectivity index (χ1) is 14.5. The lowest BCUT2D eigenvalue weighted by Gasteiger charge is -2.39. The summed E-state index contributed by atoms with van der Waals surface area (Å²) >= 11 is 0. The monoisotopic (exact) mass is 402 g/mol. The lowest BCUT2D eigenvalue weighted by atomic mass is 10.1. The Morgan fingerprint density at radius 1 is 0.833 bits per heavy atom. The molecule has 0 atom stereocenters. The maximum absolute atomic E-state index is 13.4. The minimum Gasteiger partial charge on any atom is -0.345 e. The molecule has 5 rings (SSSR count). The van der Waals surface area contributed by atoms with Crippen LogP contribution in [0.25, 0.3) is 28.2 Å². The molecule has 2 aromatic carbocycles. The van der Waals surface area contributed by atoms with Crippen molar-refractivity contribution in [3.63, 3.8) is 0 Å². The fraction of sp³-hybridized carbons (Fsp3) is 0.250. The summed E-state index contributed by atoms with van der Waals surface area (Å²) < 4.78 is 16.3. The molecule has 1 saturated heterocycles. The van der Waals surface area contributed by atoms with E-state index in [9.17, 15) is 4.39 Å². The third-order valence-electron chi connectivity index (χ3n) is 5.89. The standard InChI is InChI=1S/C24H25FN5/c1-30(2)14-12-28(13-15-30)24-17-21(18-6-4-3-5-7-18)26-23-16-22(27-29(23)24)19-8-10-20(25)11-9-19/h3-11,16-17H,12-15H2,1-2H3/q+1. The summed E-state index contributed by atoms with van der Waals surface area (Å²) in [4.78, 5) is 7.28. The molecule has 3 heterocycles. The van der Waals surface area contributed by atoms with Gasteiger partial charge in [-0.25, -0.2) is 9.37 Å². The molecule has 152 valence electrons. The summed E-state index contributed by atoms with van der Waals surface area (Å²) in [5, 5.41) is 4.84. The molecule has 0 amide bonds. The van der Waals surface area contributed by atoms with E-state index in [2.05, 4.69) is 37.2 Å². The highest BCUT2D eigenvalue weighted by Crippen LogP contribution is 2.28. The Bertz CT molecular complexity index is 1170. The Balaban J connectivity index is 1.64. The summed E-state index contributed by atoms with van der Waals surface area (Å²) in [7, 11) is 4.55. The van der Waals surface area contributed by atoms with Crippen LogP contribution in [0.15, 0.2) is 66.7 Å². The van der Waals surface area contributed by atoms with E-state index in [1.54, 1.807) is 12.1 Å².